The molecule has 6 heteroatoms. The van der Waals surface area contributed by atoms with Crippen molar-refractivity contribution in [2.45, 2.75) is 0 Å². The lowest BCUT2D eigenvalue weighted by atomic mass is 10.1. The van der Waals surface area contributed by atoms with E-state index in [2.05, 4.69) is 5.16 Å². The fourth-order valence-corrected chi connectivity index (χ4v) is 3.04. The normalized spacial score (nSPS) is 11.2. The van der Waals surface area contributed by atoms with Crippen LogP contribution in [0.15, 0.2) is 81.7 Å². The molecule has 3 aromatic carbocycles. The van der Waals surface area contributed by atoms with Crippen molar-refractivity contribution in [3.63, 3.8) is 0 Å². The van der Waals surface area contributed by atoms with Gasteiger partial charge in [0.05, 0.1) is 0 Å². The van der Waals surface area contributed by atoms with Gasteiger partial charge < -0.3 is 13.7 Å². The van der Waals surface area contributed by atoms with Crippen LogP contribution in [-0.4, -0.2) is 11.1 Å². The molecule has 5 nitrogen and oxygen atoms in total. The van der Waals surface area contributed by atoms with E-state index in [1.54, 1.807) is 42.5 Å². The standard InChI is InChI=1S/C22H12FNO4/c23-15-7-5-13(6-8-15)21-17-10-9-16(12-19(17)28-24-21)26-22(25)20-11-14-3-1-2-4-18(14)27-20/h1-12H. The zero-order valence-corrected chi connectivity index (χ0v) is 14.4. The van der Waals surface area contributed by atoms with Gasteiger partial charge in [0.2, 0.25) is 5.76 Å². The highest BCUT2D eigenvalue weighted by Gasteiger charge is 2.17. The van der Waals surface area contributed by atoms with Gasteiger partial charge in [0.1, 0.15) is 22.8 Å². The third-order valence-corrected chi connectivity index (χ3v) is 4.40. The Morgan fingerprint density at radius 3 is 2.57 bits per heavy atom. The first kappa shape index (κ1) is 16.3. The average molecular weight is 373 g/mol. The topological polar surface area (TPSA) is 65.5 Å². The molecule has 0 aliphatic rings. The third kappa shape index (κ3) is 2.81. The average Bonchev–Trinajstić information content (AvgIpc) is 3.32. The summed E-state index contributed by atoms with van der Waals surface area (Å²) in [4.78, 5) is 12.4. The second-order valence-corrected chi connectivity index (χ2v) is 6.23. The van der Waals surface area contributed by atoms with Crippen LogP contribution in [0.4, 0.5) is 4.39 Å². The minimum absolute atomic E-state index is 0.117. The highest BCUT2D eigenvalue weighted by atomic mass is 19.1. The van der Waals surface area contributed by atoms with Crippen molar-refractivity contribution in [2.24, 2.45) is 0 Å². The van der Waals surface area contributed by atoms with E-state index in [1.165, 1.54) is 12.1 Å². The number of rotatable bonds is 3. The molecule has 2 aromatic heterocycles. The molecular formula is C22H12FNO4. The van der Waals surface area contributed by atoms with Crippen molar-refractivity contribution in [3.8, 4) is 17.0 Å². The number of benzene rings is 3. The quantitative estimate of drug-likeness (QED) is 0.304. The molecule has 0 saturated carbocycles. The predicted octanol–water partition coefficient (Wildman–Crippen LogP) is 5.60. The lowest BCUT2D eigenvalue weighted by molar-refractivity contribution is 0.0704. The zero-order valence-electron chi connectivity index (χ0n) is 14.4. The molecule has 0 spiro atoms. The van der Waals surface area contributed by atoms with Crippen LogP contribution < -0.4 is 4.74 Å². The number of nitrogens with zero attached hydrogens (tertiary/aromatic N) is 1. The second-order valence-electron chi connectivity index (χ2n) is 6.23. The van der Waals surface area contributed by atoms with Crippen molar-refractivity contribution in [2.75, 3.05) is 0 Å². The summed E-state index contributed by atoms with van der Waals surface area (Å²) < 4.78 is 29.4. The molecule has 28 heavy (non-hydrogen) atoms. The van der Waals surface area contributed by atoms with Gasteiger partial charge in [-0.3, -0.25) is 0 Å². The molecule has 5 rings (SSSR count). The van der Waals surface area contributed by atoms with E-state index < -0.39 is 5.97 Å². The van der Waals surface area contributed by atoms with Gasteiger partial charge >= 0.3 is 5.97 Å². The monoisotopic (exact) mass is 373 g/mol. The van der Waals surface area contributed by atoms with E-state index >= 15 is 0 Å². The van der Waals surface area contributed by atoms with Gasteiger partial charge in [-0.25, -0.2) is 9.18 Å². The molecule has 0 aliphatic heterocycles. The summed E-state index contributed by atoms with van der Waals surface area (Å²) in [6.07, 6.45) is 0. The number of hydrogen-bond donors (Lipinski definition) is 0. The summed E-state index contributed by atoms with van der Waals surface area (Å²) in [6, 6.07) is 19.9. The molecule has 0 saturated heterocycles. The first-order chi connectivity index (χ1) is 13.7. The van der Waals surface area contributed by atoms with Gasteiger partial charge in [0, 0.05) is 22.4 Å². The molecule has 0 unspecified atom stereocenters. The number of hydrogen-bond acceptors (Lipinski definition) is 5. The van der Waals surface area contributed by atoms with Gasteiger partial charge in [-0.2, -0.15) is 0 Å². The summed E-state index contributed by atoms with van der Waals surface area (Å²) >= 11 is 0. The van der Waals surface area contributed by atoms with Crippen molar-refractivity contribution in [1.82, 2.24) is 5.16 Å². The van der Waals surface area contributed by atoms with Gasteiger partial charge in [-0.05, 0) is 48.5 Å². The number of aromatic nitrogens is 1. The fraction of sp³-hybridized carbons (Fsp3) is 0. The van der Waals surface area contributed by atoms with Crippen molar-refractivity contribution in [3.05, 3.63) is 84.4 Å². The van der Waals surface area contributed by atoms with Crippen LogP contribution in [-0.2, 0) is 0 Å². The van der Waals surface area contributed by atoms with E-state index in [0.717, 1.165) is 16.3 Å². The minimum atomic E-state index is -0.603. The first-order valence-corrected chi connectivity index (χ1v) is 8.53. The molecule has 0 amide bonds. The van der Waals surface area contributed by atoms with Crippen LogP contribution in [0.1, 0.15) is 10.6 Å². The highest BCUT2D eigenvalue weighted by Crippen LogP contribution is 2.31. The molecule has 2 heterocycles. The molecule has 0 radical (unpaired) electrons. The largest absolute Gasteiger partial charge is 0.449 e. The number of fused-ring (bicyclic) bond motifs is 2. The molecule has 136 valence electrons. The van der Waals surface area contributed by atoms with Gasteiger partial charge in [-0.15, -0.1) is 0 Å². The Labute approximate surface area is 157 Å². The Bertz CT molecular complexity index is 1280. The Morgan fingerprint density at radius 2 is 1.75 bits per heavy atom. The maximum Gasteiger partial charge on any atom is 0.379 e. The number of ether oxygens (including phenoxy) is 1. The molecular weight excluding hydrogens is 361 g/mol. The van der Waals surface area contributed by atoms with Crippen LogP contribution in [0, 0.1) is 5.82 Å². The SMILES string of the molecule is O=C(Oc1ccc2c(-c3ccc(F)cc3)noc2c1)c1cc2ccccc2o1. The Morgan fingerprint density at radius 1 is 0.929 bits per heavy atom. The van der Waals surface area contributed by atoms with E-state index in [1.807, 2.05) is 18.2 Å². The molecule has 0 bridgehead atoms. The Kier molecular flexibility index (Phi) is 3.69. The van der Waals surface area contributed by atoms with E-state index in [4.69, 9.17) is 13.7 Å². The predicted molar refractivity (Wildman–Crippen MR) is 101 cm³/mol. The summed E-state index contributed by atoms with van der Waals surface area (Å²) in [5.41, 5.74) is 2.38. The van der Waals surface area contributed by atoms with Crippen LogP contribution in [0.3, 0.4) is 0 Å². The van der Waals surface area contributed by atoms with E-state index in [9.17, 15) is 9.18 Å². The summed E-state index contributed by atoms with van der Waals surface area (Å²) in [6.45, 7) is 0. The maximum atomic E-state index is 13.1. The number of para-hydroxylation sites is 1. The Hall–Kier alpha value is -3.93. The zero-order chi connectivity index (χ0) is 19.1. The summed E-state index contributed by atoms with van der Waals surface area (Å²) in [5.74, 6) is -0.504. The number of esters is 1. The second kappa shape index (κ2) is 6.35. The van der Waals surface area contributed by atoms with Crippen LogP contribution in [0.5, 0.6) is 5.75 Å². The van der Waals surface area contributed by atoms with Crippen molar-refractivity contribution in [1.29, 1.82) is 0 Å². The number of carbonyl (C=O) groups is 1. The smallest absolute Gasteiger partial charge is 0.379 e. The molecule has 5 aromatic rings. The van der Waals surface area contributed by atoms with E-state index in [0.29, 0.717) is 22.6 Å². The van der Waals surface area contributed by atoms with Crippen LogP contribution >= 0.6 is 0 Å². The lowest BCUT2D eigenvalue weighted by Gasteiger charge is -2.02. The minimum Gasteiger partial charge on any atom is -0.449 e. The van der Waals surface area contributed by atoms with Crippen molar-refractivity contribution >= 4 is 27.9 Å². The maximum absolute atomic E-state index is 13.1. The third-order valence-electron chi connectivity index (χ3n) is 4.40. The fourth-order valence-electron chi connectivity index (χ4n) is 3.04. The number of furan rings is 1. The highest BCUT2D eigenvalue weighted by molar-refractivity contribution is 5.95. The summed E-state index contributed by atoms with van der Waals surface area (Å²) in [7, 11) is 0. The molecule has 0 N–H and O–H groups in total. The van der Waals surface area contributed by atoms with Gasteiger partial charge in [0.25, 0.3) is 0 Å². The van der Waals surface area contributed by atoms with Crippen LogP contribution in [0.25, 0.3) is 33.2 Å². The molecule has 0 atom stereocenters. The first-order valence-electron chi connectivity index (χ1n) is 8.53. The van der Waals surface area contributed by atoms with E-state index in [-0.39, 0.29) is 11.6 Å². The van der Waals surface area contributed by atoms with Crippen molar-refractivity contribution < 1.29 is 22.9 Å². The molecule has 0 aliphatic carbocycles. The molecule has 0 fully saturated rings. The summed E-state index contributed by atoms with van der Waals surface area (Å²) in [5, 5.41) is 5.60. The Balaban J connectivity index is 1.43. The number of carbonyl (C=O) groups excluding carboxylic acids is 1. The van der Waals surface area contributed by atoms with Gasteiger partial charge in [0.15, 0.2) is 5.58 Å². The lowest BCUT2D eigenvalue weighted by Crippen LogP contribution is -2.06. The number of halogens is 1. The van der Waals surface area contributed by atoms with Gasteiger partial charge in [-0.1, -0.05) is 23.4 Å². The van der Waals surface area contributed by atoms with Crippen LogP contribution in [0.2, 0.25) is 0 Å².